The molecule has 0 bridgehead atoms. The molecule has 4 N–H and O–H groups in total. The molecule has 1 aliphatic heterocycles. The van der Waals surface area contributed by atoms with Gasteiger partial charge in [0.2, 0.25) is 17.7 Å². The molecule has 12 heteroatoms. The van der Waals surface area contributed by atoms with Gasteiger partial charge >= 0.3 is 0 Å². The number of aromatic amines is 1. The third-order valence-electron chi connectivity index (χ3n) is 5.90. The van der Waals surface area contributed by atoms with Gasteiger partial charge in [-0.05, 0) is 49.1 Å². The first-order valence-corrected chi connectivity index (χ1v) is 11.4. The number of H-pyrrole nitrogens is 1. The summed E-state index contributed by atoms with van der Waals surface area (Å²) in [7, 11) is 13.0. The highest BCUT2D eigenvalue weighted by Crippen LogP contribution is 2.24. The van der Waals surface area contributed by atoms with Gasteiger partial charge in [0, 0.05) is 12.1 Å². The monoisotopic (exact) mass is 474 g/mol. The molecule has 0 aromatic carbocycles. The number of piperidine rings is 1. The molecule has 3 rings (SSSR count). The second-order valence-corrected chi connectivity index (χ2v) is 9.31. The van der Waals surface area contributed by atoms with E-state index < -0.39 is 35.2 Å². The van der Waals surface area contributed by atoms with E-state index in [4.69, 9.17) is 20.4 Å². The number of nitrogens with zero attached hydrogens (tertiary/aromatic N) is 2. The van der Waals surface area contributed by atoms with Crippen LogP contribution in [0.2, 0.25) is 0 Å². The SMILES string of the molecule is [B]C1([B])CC[C@@H](C[C@@H](C#N)NC(=O)[C@H](CC(C)C)NC(=O)c2cc3c(OC)nccc3[nH]2)C(=O)N1. The smallest absolute Gasteiger partial charge is 0.268 e. The van der Waals surface area contributed by atoms with Crippen LogP contribution in [0.3, 0.4) is 0 Å². The van der Waals surface area contributed by atoms with Gasteiger partial charge in [-0.2, -0.15) is 5.26 Å². The highest BCUT2D eigenvalue weighted by molar-refractivity contribution is 6.41. The van der Waals surface area contributed by atoms with Crippen LogP contribution in [0.25, 0.3) is 10.9 Å². The minimum atomic E-state index is -1.27. The van der Waals surface area contributed by atoms with Crippen LogP contribution in [0, 0.1) is 23.2 Å². The Morgan fingerprint density at radius 3 is 2.74 bits per heavy atom. The summed E-state index contributed by atoms with van der Waals surface area (Å²) in [5, 5.41) is 16.9. The van der Waals surface area contributed by atoms with Crippen molar-refractivity contribution < 1.29 is 19.1 Å². The molecule has 180 valence electrons. The summed E-state index contributed by atoms with van der Waals surface area (Å²) >= 11 is 0. The van der Waals surface area contributed by atoms with E-state index in [-0.39, 0.29) is 23.9 Å². The van der Waals surface area contributed by atoms with Crippen molar-refractivity contribution in [3.63, 3.8) is 0 Å². The highest BCUT2D eigenvalue weighted by atomic mass is 16.5. The van der Waals surface area contributed by atoms with Crippen LogP contribution >= 0.6 is 0 Å². The number of pyridine rings is 1. The predicted molar refractivity (Wildman–Crippen MR) is 131 cm³/mol. The topological polar surface area (TPSA) is 149 Å². The van der Waals surface area contributed by atoms with E-state index >= 15 is 0 Å². The zero-order chi connectivity index (χ0) is 25.8. The van der Waals surface area contributed by atoms with Crippen LogP contribution in [-0.2, 0) is 9.59 Å². The van der Waals surface area contributed by atoms with E-state index in [1.165, 1.54) is 7.11 Å². The summed E-state index contributed by atoms with van der Waals surface area (Å²) in [6.45, 7) is 3.85. The Hall–Kier alpha value is -3.48. The van der Waals surface area contributed by atoms with Gasteiger partial charge in [0.15, 0.2) is 0 Å². The number of carbonyl (C=O) groups is 3. The average Bonchev–Trinajstić information content (AvgIpc) is 3.23. The summed E-state index contributed by atoms with van der Waals surface area (Å²) in [5.74, 6) is -1.38. The Kier molecular flexibility index (Phi) is 8.10. The Bertz CT molecular complexity index is 1140. The van der Waals surface area contributed by atoms with Crippen LogP contribution in [0.1, 0.15) is 50.0 Å². The molecule has 3 amide bonds. The number of hydrogen-bond acceptors (Lipinski definition) is 6. The van der Waals surface area contributed by atoms with Crippen LogP contribution in [0.4, 0.5) is 0 Å². The molecule has 0 unspecified atom stereocenters. The van der Waals surface area contributed by atoms with Gasteiger partial charge in [0.05, 0.1) is 39.8 Å². The molecule has 1 aliphatic rings. The number of methoxy groups -OCH3 is 1. The van der Waals surface area contributed by atoms with Crippen molar-refractivity contribution in [2.45, 2.75) is 57.0 Å². The first-order valence-electron chi connectivity index (χ1n) is 11.4. The van der Waals surface area contributed by atoms with E-state index in [9.17, 15) is 19.6 Å². The summed E-state index contributed by atoms with van der Waals surface area (Å²) in [6, 6.07) is 3.55. The number of hydrogen-bond donors (Lipinski definition) is 4. The molecule has 1 saturated heterocycles. The van der Waals surface area contributed by atoms with Gasteiger partial charge in [-0.25, -0.2) is 4.98 Å². The Morgan fingerprint density at radius 1 is 1.37 bits per heavy atom. The van der Waals surface area contributed by atoms with Crippen molar-refractivity contribution in [1.29, 1.82) is 5.26 Å². The maximum Gasteiger partial charge on any atom is 0.268 e. The van der Waals surface area contributed by atoms with Gasteiger partial charge in [0.1, 0.15) is 17.8 Å². The first kappa shape index (κ1) is 26.1. The minimum Gasteiger partial charge on any atom is -0.481 e. The van der Waals surface area contributed by atoms with Crippen molar-refractivity contribution in [3.8, 4) is 11.9 Å². The molecule has 0 spiro atoms. The van der Waals surface area contributed by atoms with Crippen molar-refractivity contribution in [3.05, 3.63) is 24.0 Å². The van der Waals surface area contributed by atoms with E-state index in [0.717, 1.165) is 0 Å². The predicted octanol–water partition coefficient (Wildman–Crippen LogP) is 0.631. The second-order valence-electron chi connectivity index (χ2n) is 9.31. The largest absolute Gasteiger partial charge is 0.481 e. The van der Waals surface area contributed by atoms with Crippen LogP contribution in [0.5, 0.6) is 5.88 Å². The molecular formula is C23H28B2N6O4. The lowest BCUT2D eigenvalue weighted by Gasteiger charge is -2.36. The van der Waals surface area contributed by atoms with Crippen molar-refractivity contribution in [1.82, 2.24) is 25.9 Å². The van der Waals surface area contributed by atoms with Gasteiger partial charge in [-0.3, -0.25) is 14.4 Å². The molecule has 3 atom stereocenters. The van der Waals surface area contributed by atoms with E-state index in [0.29, 0.717) is 36.0 Å². The molecular weight excluding hydrogens is 446 g/mol. The maximum absolute atomic E-state index is 13.1. The number of nitriles is 1. The fourth-order valence-electron chi connectivity index (χ4n) is 4.12. The number of ether oxygens (including phenoxy) is 1. The Morgan fingerprint density at radius 2 is 2.11 bits per heavy atom. The number of nitrogens with one attached hydrogen (secondary N) is 4. The summed E-state index contributed by atoms with van der Waals surface area (Å²) < 4.78 is 5.23. The third kappa shape index (κ3) is 6.56. The summed E-state index contributed by atoms with van der Waals surface area (Å²) in [5.41, 5.74) is 0.914. The molecule has 10 nitrogen and oxygen atoms in total. The molecule has 35 heavy (non-hydrogen) atoms. The van der Waals surface area contributed by atoms with Crippen molar-refractivity contribution >= 4 is 44.3 Å². The van der Waals surface area contributed by atoms with Crippen molar-refractivity contribution in [2.75, 3.05) is 7.11 Å². The molecule has 4 radical (unpaired) electrons. The fourth-order valence-corrected chi connectivity index (χ4v) is 4.12. The number of aromatic nitrogens is 2. The Labute approximate surface area is 206 Å². The van der Waals surface area contributed by atoms with Crippen LogP contribution < -0.4 is 20.7 Å². The molecule has 3 heterocycles. The molecule has 0 aliphatic carbocycles. The van der Waals surface area contributed by atoms with Gasteiger partial charge in [0.25, 0.3) is 5.91 Å². The quantitative estimate of drug-likeness (QED) is 0.392. The maximum atomic E-state index is 13.1. The fraction of sp³-hybridized carbons (Fsp3) is 0.522. The minimum absolute atomic E-state index is 0.0879. The molecule has 2 aromatic heterocycles. The van der Waals surface area contributed by atoms with Crippen LogP contribution in [0.15, 0.2) is 18.3 Å². The lowest BCUT2D eigenvalue weighted by Crippen LogP contribution is -2.56. The standard InChI is InChI=1S/C23H28B2N6O4/c1-12(2)8-17(30-21(34)18-10-15-16(29-18)5-7-27-22(15)35-3)20(33)28-14(11-26)9-13-4-6-23(24,25)31-19(13)32/h5,7,10,12-14,17,29H,4,6,8-9H2,1-3H3,(H,28,33)(H,30,34)(H,31,32)/t13-,14-,17-/m0/s1. The number of fused-ring (bicyclic) bond motifs is 1. The van der Waals surface area contributed by atoms with Crippen LogP contribution in [-0.4, -0.2) is 67.9 Å². The van der Waals surface area contributed by atoms with Gasteiger partial charge < -0.3 is 25.7 Å². The first-order chi connectivity index (χ1) is 16.5. The lowest BCUT2D eigenvalue weighted by atomic mass is 9.57. The van der Waals surface area contributed by atoms with E-state index in [1.807, 2.05) is 19.9 Å². The average molecular weight is 474 g/mol. The number of rotatable bonds is 9. The summed E-state index contributed by atoms with van der Waals surface area (Å²) in [6.07, 6.45) is 2.78. The summed E-state index contributed by atoms with van der Waals surface area (Å²) in [4.78, 5) is 45.4. The number of carbonyl (C=O) groups excluding carboxylic acids is 3. The van der Waals surface area contributed by atoms with E-state index in [1.54, 1.807) is 18.3 Å². The van der Waals surface area contributed by atoms with Crippen molar-refractivity contribution in [2.24, 2.45) is 11.8 Å². The third-order valence-corrected chi connectivity index (χ3v) is 5.90. The van der Waals surface area contributed by atoms with Gasteiger partial charge in [-0.1, -0.05) is 13.8 Å². The number of amides is 3. The molecule has 2 aromatic rings. The normalized spacial score (nSPS) is 18.8. The van der Waals surface area contributed by atoms with Gasteiger partial charge in [-0.15, -0.1) is 0 Å². The second kappa shape index (κ2) is 10.8. The lowest BCUT2D eigenvalue weighted by molar-refractivity contribution is -0.129. The molecule has 1 fully saturated rings. The highest BCUT2D eigenvalue weighted by Gasteiger charge is 2.34. The van der Waals surface area contributed by atoms with E-state index in [2.05, 4.69) is 25.9 Å². The Balaban J connectivity index is 1.69. The molecule has 0 saturated carbocycles. The zero-order valence-corrected chi connectivity index (χ0v) is 20.1. The zero-order valence-electron chi connectivity index (χ0n) is 20.1.